The predicted octanol–water partition coefficient (Wildman–Crippen LogP) is 1.31. The highest BCUT2D eigenvalue weighted by molar-refractivity contribution is 5.94. The molecule has 2 aromatic heterocycles. The van der Waals surface area contributed by atoms with E-state index in [-0.39, 0.29) is 22.6 Å². The third-order valence-corrected chi connectivity index (χ3v) is 5.01. The molecule has 0 unspecified atom stereocenters. The van der Waals surface area contributed by atoms with Crippen LogP contribution in [0.2, 0.25) is 0 Å². The summed E-state index contributed by atoms with van der Waals surface area (Å²) in [5.41, 5.74) is 0.258. The van der Waals surface area contributed by atoms with Gasteiger partial charge in [0.05, 0.1) is 19.6 Å². The van der Waals surface area contributed by atoms with Crippen LogP contribution in [0.5, 0.6) is 11.5 Å². The Balaban J connectivity index is 1.97. The third-order valence-electron chi connectivity index (χ3n) is 5.01. The molecule has 0 atom stereocenters. The molecule has 9 heteroatoms. The van der Waals surface area contributed by atoms with Crippen molar-refractivity contribution in [2.45, 2.75) is 13.5 Å². The molecule has 0 saturated heterocycles. The standard InChI is InChI=1S/C21H24N4O5/c1-6-25(12-13-7-10-16(29-4)17(11-13)30-5)20(27)15-9-8-14-18(22-15)23(2)21(28)24(3)19(14)26/h7-11H,6,12H2,1-5H3. The molecule has 3 rings (SSSR count). The number of pyridine rings is 1. The van der Waals surface area contributed by atoms with Crippen LogP contribution in [-0.2, 0) is 20.6 Å². The summed E-state index contributed by atoms with van der Waals surface area (Å²) < 4.78 is 12.9. The first-order valence-corrected chi connectivity index (χ1v) is 9.39. The van der Waals surface area contributed by atoms with Crippen LogP contribution in [0.3, 0.4) is 0 Å². The van der Waals surface area contributed by atoms with Gasteiger partial charge in [0.2, 0.25) is 0 Å². The summed E-state index contributed by atoms with van der Waals surface area (Å²) in [5, 5.41) is 0.277. The summed E-state index contributed by atoms with van der Waals surface area (Å²) in [6, 6.07) is 8.50. The molecule has 0 N–H and O–H groups in total. The Labute approximate surface area is 173 Å². The van der Waals surface area contributed by atoms with Crippen LogP contribution in [0.4, 0.5) is 0 Å². The summed E-state index contributed by atoms with van der Waals surface area (Å²) in [5.74, 6) is 0.879. The molecule has 0 radical (unpaired) electrons. The van der Waals surface area contributed by atoms with Crippen molar-refractivity contribution >= 4 is 16.9 Å². The summed E-state index contributed by atoms with van der Waals surface area (Å²) in [6.45, 7) is 2.65. The van der Waals surface area contributed by atoms with Gasteiger partial charge in [-0.15, -0.1) is 0 Å². The number of methoxy groups -OCH3 is 2. The number of benzene rings is 1. The van der Waals surface area contributed by atoms with Gasteiger partial charge in [-0.25, -0.2) is 9.78 Å². The van der Waals surface area contributed by atoms with E-state index in [1.807, 2.05) is 19.1 Å². The number of fused-ring (bicyclic) bond motifs is 1. The number of hydrogen-bond donors (Lipinski definition) is 0. The fraction of sp³-hybridized carbons (Fsp3) is 0.333. The van der Waals surface area contributed by atoms with Gasteiger partial charge in [-0.3, -0.25) is 18.7 Å². The van der Waals surface area contributed by atoms with Gasteiger partial charge in [-0.2, -0.15) is 0 Å². The number of aromatic nitrogens is 3. The highest BCUT2D eigenvalue weighted by Gasteiger charge is 2.19. The third kappa shape index (κ3) is 3.66. The molecule has 1 aromatic carbocycles. The lowest BCUT2D eigenvalue weighted by molar-refractivity contribution is 0.0747. The summed E-state index contributed by atoms with van der Waals surface area (Å²) in [7, 11) is 6.04. The molecule has 0 aliphatic carbocycles. The van der Waals surface area contributed by atoms with E-state index in [4.69, 9.17) is 9.47 Å². The number of rotatable bonds is 6. The van der Waals surface area contributed by atoms with Crippen molar-refractivity contribution in [1.29, 1.82) is 0 Å². The summed E-state index contributed by atoms with van der Waals surface area (Å²) in [4.78, 5) is 43.5. The van der Waals surface area contributed by atoms with Crippen LogP contribution in [0, 0.1) is 0 Å². The van der Waals surface area contributed by atoms with Gasteiger partial charge >= 0.3 is 5.69 Å². The molecular weight excluding hydrogens is 388 g/mol. The maximum absolute atomic E-state index is 13.1. The first-order chi connectivity index (χ1) is 14.3. The minimum Gasteiger partial charge on any atom is -0.493 e. The molecule has 9 nitrogen and oxygen atoms in total. The molecule has 2 heterocycles. The van der Waals surface area contributed by atoms with Crippen molar-refractivity contribution in [1.82, 2.24) is 19.0 Å². The Morgan fingerprint density at radius 1 is 1.03 bits per heavy atom. The second-order valence-electron chi connectivity index (χ2n) is 6.78. The van der Waals surface area contributed by atoms with Crippen molar-refractivity contribution in [3.05, 3.63) is 62.4 Å². The van der Waals surface area contributed by atoms with Gasteiger partial charge in [0, 0.05) is 27.2 Å². The first kappa shape index (κ1) is 21.1. The van der Waals surface area contributed by atoms with Crippen LogP contribution in [-0.4, -0.2) is 45.7 Å². The summed E-state index contributed by atoms with van der Waals surface area (Å²) in [6.07, 6.45) is 0. The predicted molar refractivity (Wildman–Crippen MR) is 112 cm³/mol. The number of hydrogen-bond acceptors (Lipinski definition) is 6. The molecule has 158 valence electrons. The fourth-order valence-electron chi connectivity index (χ4n) is 3.26. The number of carbonyl (C=O) groups excluding carboxylic acids is 1. The van der Waals surface area contributed by atoms with E-state index < -0.39 is 11.2 Å². The smallest absolute Gasteiger partial charge is 0.332 e. The van der Waals surface area contributed by atoms with Gasteiger partial charge in [0.1, 0.15) is 11.3 Å². The lowest BCUT2D eigenvalue weighted by Crippen LogP contribution is -2.37. The minimum absolute atomic E-state index is 0.160. The zero-order valence-corrected chi connectivity index (χ0v) is 17.6. The second kappa shape index (κ2) is 8.40. The zero-order chi connectivity index (χ0) is 22.0. The van der Waals surface area contributed by atoms with Crippen molar-refractivity contribution in [2.75, 3.05) is 20.8 Å². The normalized spacial score (nSPS) is 10.8. The molecule has 0 aliphatic rings. The monoisotopic (exact) mass is 412 g/mol. The SMILES string of the molecule is CCN(Cc1ccc(OC)c(OC)c1)C(=O)c1ccc2c(=O)n(C)c(=O)n(C)c2n1. The fourth-order valence-corrected chi connectivity index (χ4v) is 3.26. The van der Waals surface area contributed by atoms with Gasteiger partial charge < -0.3 is 14.4 Å². The molecule has 0 spiro atoms. The van der Waals surface area contributed by atoms with E-state index in [0.29, 0.717) is 24.6 Å². The van der Waals surface area contributed by atoms with E-state index in [1.54, 1.807) is 25.2 Å². The Kier molecular flexibility index (Phi) is 5.91. The number of carbonyl (C=O) groups is 1. The maximum Gasteiger partial charge on any atom is 0.332 e. The van der Waals surface area contributed by atoms with Gasteiger partial charge in [-0.1, -0.05) is 6.07 Å². The van der Waals surface area contributed by atoms with Crippen LogP contribution < -0.4 is 20.7 Å². The van der Waals surface area contributed by atoms with E-state index in [2.05, 4.69) is 4.98 Å². The van der Waals surface area contributed by atoms with Crippen LogP contribution in [0.1, 0.15) is 23.0 Å². The van der Waals surface area contributed by atoms with E-state index in [1.165, 1.54) is 30.8 Å². The van der Waals surface area contributed by atoms with E-state index in [9.17, 15) is 14.4 Å². The first-order valence-electron chi connectivity index (χ1n) is 9.39. The maximum atomic E-state index is 13.1. The zero-order valence-electron chi connectivity index (χ0n) is 17.6. The van der Waals surface area contributed by atoms with Crippen LogP contribution >= 0.6 is 0 Å². The van der Waals surface area contributed by atoms with Crippen molar-refractivity contribution in [2.24, 2.45) is 14.1 Å². The van der Waals surface area contributed by atoms with E-state index >= 15 is 0 Å². The summed E-state index contributed by atoms with van der Waals surface area (Å²) >= 11 is 0. The Morgan fingerprint density at radius 3 is 2.37 bits per heavy atom. The Bertz CT molecular complexity index is 1230. The van der Waals surface area contributed by atoms with Crippen LogP contribution in [0.15, 0.2) is 39.9 Å². The molecule has 30 heavy (non-hydrogen) atoms. The average Bonchev–Trinajstić information content (AvgIpc) is 2.78. The molecule has 3 aromatic rings. The molecule has 1 amide bonds. The number of nitrogens with zero attached hydrogens (tertiary/aromatic N) is 4. The Morgan fingerprint density at radius 2 is 1.73 bits per heavy atom. The van der Waals surface area contributed by atoms with Gasteiger partial charge in [-0.05, 0) is 36.8 Å². The molecule has 0 fully saturated rings. The van der Waals surface area contributed by atoms with Crippen molar-refractivity contribution in [3.8, 4) is 11.5 Å². The van der Waals surface area contributed by atoms with Crippen LogP contribution in [0.25, 0.3) is 11.0 Å². The molecule has 0 bridgehead atoms. The topological polar surface area (TPSA) is 95.7 Å². The highest BCUT2D eigenvalue weighted by atomic mass is 16.5. The number of aryl methyl sites for hydroxylation is 1. The molecule has 0 aliphatic heterocycles. The number of ether oxygens (including phenoxy) is 2. The quantitative estimate of drug-likeness (QED) is 0.606. The van der Waals surface area contributed by atoms with Gasteiger partial charge in [0.25, 0.3) is 11.5 Å². The van der Waals surface area contributed by atoms with Crippen molar-refractivity contribution < 1.29 is 14.3 Å². The lowest BCUT2D eigenvalue weighted by Gasteiger charge is -2.21. The van der Waals surface area contributed by atoms with Crippen molar-refractivity contribution in [3.63, 3.8) is 0 Å². The lowest BCUT2D eigenvalue weighted by atomic mass is 10.1. The number of amides is 1. The Hall–Kier alpha value is -3.62. The molecule has 0 saturated carbocycles. The average molecular weight is 412 g/mol. The second-order valence-corrected chi connectivity index (χ2v) is 6.78. The minimum atomic E-state index is -0.498. The highest BCUT2D eigenvalue weighted by Crippen LogP contribution is 2.28. The van der Waals surface area contributed by atoms with E-state index in [0.717, 1.165) is 10.1 Å². The molecular formula is C21H24N4O5. The van der Waals surface area contributed by atoms with Gasteiger partial charge in [0.15, 0.2) is 11.5 Å². The largest absolute Gasteiger partial charge is 0.493 e.